The Labute approximate surface area is 225 Å². The monoisotopic (exact) mass is 532 g/mol. The number of fused-ring (bicyclic) bond motifs is 2. The minimum absolute atomic E-state index is 0.0536. The number of hydrogen-bond acceptors (Lipinski definition) is 8. The molecular formula is C28H20N8O2S. The molecule has 0 unspecified atom stereocenters. The van der Waals surface area contributed by atoms with Crippen LogP contribution in [0.3, 0.4) is 0 Å². The number of anilines is 1. The topological polar surface area (TPSA) is 133 Å². The summed E-state index contributed by atoms with van der Waals surface area (Å²) in [5.41, 5.74) is 8.24. The Morgan fingerprint density at radius 2 is 1.87 bits per heavy atom. The number of amides is 1. The lowest BCUT2D eigenvalue weighted by molar-refractivity contribution is 0.0940. The van der Waals surface area contributed by atoms with Crippen LogP contribution in [0.5, 0.6) is 0 Å². The summed E-state index contributed by atoms with van der Waals surface area (Å²) in [5.74, 6) is 6.13. The van der Waals surface area contributed by atoms with Crippen molar-refractivity contribution < 1.29 is 4.79 Å². The van der Waals surface area contributed by atoms with Crippen LogP contribution in [0.2, 0.25) is 0 Å². The third-order valence-corrected chi connectivity index (χ3v) is 6.93. The van der Waals surface area contributed by atoms with E-state index in [4.69, 9.17) is 10.7 Å². The SMILES string of the molecule is C[C@H](NC(=O)c1c(N)nn2cccnc12)c1nc2scc(C#Cc3ccncc3)c2c(=O)n1-c1ccccc1. The summed E-state index contributed by atoms with van der Waals surface area (Å²) >= 11 is 1.32. The van der Waals surface area contributed by atoms with Crippen LogP contribution < -0.4 is 16.6 Å². The minimum Gasteiger partial charge on any atom is -0.381 e. The zero-order valence-corrected chi connectivity index (χ0v) is 21.4. The Morgan fingerprint density at radius 3 is 2.67 bits per heavy atom. The molecule has 3 N–H and O–H groups in total. The molecule has 190 valence electrons. The van der Waals surface area contributed by atoms with Crippen LogP contribution in [-0.4, -0.2) is 35.0 Å². The first-order chi connectivity index (χ1) is 19.0. The van der Waals surface area contributed by atoms with Crippen molar-refractivity contribution in [2.24, 2.45) is 0 Å². The molecule has 0 spiro atoms. The highest BCUT2D eigenvalue weighted by Gasteiger charge is 2.25. The van der Waals surface area contributed by atoms with E-state index in [9.17, 15) is 9.59 Å². The van der Waals surface area contributed by atoms with Crippen LogP contribution in [0.25, 0.3) is 21.6 Å². The van der Waals surface area contributed by atoms with E-state index in [-0.39, 0.29) is 16.9 Å². The Morgan fingerprint density at radius 1 is 1.08 bits per heavy atom. The van der Waals surface area contributed by atoms with Gasteiger partial charge in [-0.25, -0.2) is 14.5 Å². The largest absolute Gasteiger partial charge is 0.381 e. The van der Waals surface area contributed by atoms with Crippen LogP contribution in [0.1, 0.15) is 40.3 Å². The van der Waals surface area contributed by atoms with Gasteiger partial charge in [0.05, 0.1) is 22.7 Å². The van der Waals surface area contributed by atoms with Crippen LogP contribution in [0.15, 0.2) is 83.5 Å². The van der Waals surface area contributed by atoms with E-state index in [0.717, 1.165) is 5.56 Å². The summed E-state index contributed by atoms with van der Waals surface area (Å²) in [7, 11) is 0. The van der Waals surface area contributed by atoms with Crippen molar-refractivity contribution >= 4 is 38.9 Å². The van der Waals surface area contributed by atoms with E-state index in [1.54, 1.807) is 49.9 Å². The van der Waals surface area contributed by atoms with Gasteiger partial charge in [-0.3, -0.25) is 19.1 Å². The summed E-state index contributed by atoms with van der Waals surface area (Å²) in [6.07, 6.45) is 6.55. The number of benzene rings is 1. The van der Waals surface area contributed by atoms with Gasteiger partial charge in [0.1, 0.15) is 16.2 Å². The molecule has 6 aromatic rings. The molecule has 0 saturated carbocycles. The van der Waals surface area contributed by atoms with Gasteiger partial charge in [-0.1, -0.05) is 30.0 Å². The van der Waals surface area contributed by atoms with Crippen LogP contribution in [-0.2, 0) is 0 Å². The quantitative estimate of drug-likeness (QED) is 0.333. The molecule has 11 heteroatoms. The van der Waals surface area contributed by atoms with Gasteiger partial charge < -0.3 is 11.1 Å². The summed E-state index contributed by atoms with van der Waals surface area (Å²) in [6, 6.07) is 13.8. The molecule has 0 saturated heterocycles. The molecule has 1 aromatic carbocycles. The predicted octanol–water partition coefficient (Wildman–Crippen LogP) is 3.36. The fourth-order valence-electron chi connectivity index (χ4n) is 4.25. The lowest BCUT2D eigenvalue weighted by atomic mass is 10.2. The van der Waals surface area contributed by atoms with Gasteiger partial charge in [-0.15, -0.1) is 16.4 Å². The number of nitrogens with zero attached hydrogens (tertiary/aromatic N) is 6. The zero-order valence-electron chi connectivity index (χ0n) is 20.6. The molecule has 0 fully saturated rings. The van der Waals surface area contributed by atoms with Gasteiger partial charge >= 0.3 is 0 Å². The first kappa shape index (κ1) is 24.0. The lowest BCUT2D eigenvalue weighted by Gasteiger charge is -2.19. The maximum Gasteiger partial charge on any atom is 0.268 e. The second kappa shape index (κ2) is 9.85. The number of rotatable bonds is 4. The van der Waals surface area contributed by atoms with Crippen molar-refractivity contribution in [2.75, 3.05) is 5.73 Å². The van der Waals surface area contributed by atoms with Gasteiger partial charge in [-0.05, 0) is 37.3 Å². The normalized spacial score (nSPS) is 11.7. The third-order valence-electron chi connectivity index (χ3n) is 6.05. The van der Waals surface area contributed by atoms with E-state index in [1.807, 2.05) is 35.7 Å². The molecule has 5 heterocycles. The number of nitrogen functional groups attached to an aromatic ring is 1. The number of thiophene rings is 1. The molecule has 1 atom stereocenters. The van der Waals surface area contributed by atoms with Gasteiger partial charge in [0.2, 0.25) is 0 Å². The van der Waals surface area contributed by atoms with Crippen LogP contribution in [0, 0.1) is 11.8 Å². The van der Waals surface area contributed by atoms with E-state index in [1.165, 1.54) is 20.4 Å². The van der Waals surface area contributed by atoms with Crippen molar-refractivity contribution in [3.05, 3.63) is 112 Å². The zero-order chi connectivity index (χ0) is 26.9. The Balaban J connectivity index is 1.45. The first-order valence-corrected chi connectivity index (χ1v) is 12.8. The molecule has 5 aromatic heterocycles. The number of carbonyl (C=O) groups is 1. The average molecular weight is 533 g/mol. The van der Waals surface area contributed by atoms with Crippen molar-refractivity contribution in [3.8, 4) is 17.5 Å². The number of para-hydroxylation sites is 1. The average Bonchev–Trinajstić information content (AvgIpc) is 3.52. The van der Waals surface area contributed by atoms with Crippen molar-refractivity contribution in [2.45, 2.75) is 13.0 Å². The first-order valence-electron chi connectivity index (χ1n) is 11.9. The molecule has 0 bridgehead atoms. The third kappa shape index (κ3) is 4.39. The highest BCUT2D eigenvalue weighted by atomic mass is 32.1. The number of nitrogens with two attached hydrogens (primary N) is 1. The van der Waals surface area contributed by atoms with E-state index < -0.39 is 11.9 Å². The number of pyridine rings is 1. The molecular weight excluding hydrogens is 512 g/mol. The minimum atomic E-state index is -0.665. The smallest absolute Gasteiger partial charge is 0.268 e. The molecule has 0 aliphatic heterocycles. The Kier molecular flexibility index (Phi) is 6.07. The summed E-state index contributed by atoms with van der Waals surface area (Å²) < 4.78 is 2.95. The standard InChI is InChI=1S/C28H20N8O2S/c1-17(32-26(37)22-23(29)34-35-15-5-12-31-25(22)35)24-33-27-21(28(38)36(24)20-6-3-2-4-7-20)19(16-39-27)9-8-18-10-13-30-14-11-18/h2-7,10-17H,1H3,(H2,29,34)(H,32,37)/t17-/m0/s1. The maximum atomic E-state index is 14.0. The number of nitrogens with one attached hydrogen (secondary N) is 1. The number of aromatic nitrogens is 6. The Hall–Kier alpha value is -5.34. The van der Waals surface area contributed by atoms with Crippen LogP contribution >= 0.6 is 11.3 Å². The Bertz CT molecular complexity index is 1970. The van der Waals surface area contributed by atoms with Crippen molar-refractivity contribution in [1.29, 1.82) is 0 Å². The summed E-state index contributed by atoms with van der Waals surface area (Å²) in [6.45, 7) is 1.76. The van der Waals surface area contributed by atoms with E-state index in [0.29, 0.717) is 32.9 Å². The van der Waals surface area contributed by atoms with Gasteiger partial charge in [0.25, 0.3) is 11.5 Å². The van der Waals surface area contributed by atoms with Gasteiger partial charge in [-0.2, -0.15) is 0 Å². The molecule has 1 amide bonds. The number of carbonyl (C=O) groups excluding carboxylic acids is 1. The molecule has 0 aliphatic carbocycles. The van der Waals surface area contributed by atoms with Gasteiger partial charge in [0, 0.05) is 35.7 Å². The van der Waals surface area contributed by atoms with Crippen molar-refractivity contribution in [1.82, 2.24) is 34.4 Å². The second-order valence-electron chi connectivity index (χ2n) is 8.60. The van der Waals surface area contributed by atoms with Crippen LogP contribution in [0.4, 0.5) is 5.82 Å². The summed E-state index contributed by atoms with van der Waals surface area (Å²) in [4.78, 5) is 40.9. The predicted molar refractivity (Wildman–Crippen MR) is 149 cm³/mol. The molecule has 10 nitrogen and oxygen atoms in total. The fourth-order valence-corrected chi connectivity index (χ4v) is 5.11. The molecule has 0 aliphatic rings. The maximum absolute atomic E-state index is 14.0. The van der Waals surface area contributed by atoms with Gasteiger partial charge in [0.15, 0.2) is 11.5 Å². The van der Waals surface area contributed by atoms with E-state index >= 15 is 0 Å². The molecule has 6 rings (SSSR count). The highest BCUT2D eigenvalue weighted by Crippen LogP contribution is 2.25. The highest BCUT2D eigenvalue weighted by molar-refractivity contribution is 7.17. The molecule has 39 heavy (non-hydrogen) atoms. The molecule has 0 radical (unpaired) electrons. The lowest BCUT2D eigenvalue weighted by Crippen LogP contribution is -2.33. The van der Waals surface area contributed by atoms with E-state index in [2.05, 4.69) is 32.2 Å². The number of hydrogen-bond donors (Lipinski definition) is 2. The summed E-state index contributed by atoms with van der Waals surface area (Å²) in [5, 5.41) is 9.33. The van der Waals surface area contributed by atoms with Crippen molar-refractivity contribution in [3.63, 3.8) is 0 Å². The second-order valence-corrected chi connectivity index (χ2v) is 9.46. The fraction of sp³-hybridized carbons (Fsp3) is 0.0714.